The third-order valence-electron chi connectivity index (χ3n) is 3.11. The van der Waals surface area contributed by atoms with Gasteiger partial charge in [-0.1, -0.05) is 40.2 Å². The highest BCUT2D eigenvalue weighted by molar-refractivity contribution is 9.10. The molecule has 5 heteroatoms. The Kier molecular flexibility index (Phi) is 4.87. The molecule has 0 saturated heterocycles. The van der Waals surface area contributed by atoms with Gasteiger partial charge in [-0.05, 0) is 30.2 Å². The first-order valence-corrected chi connectivity index (χ1v) is 7.08. The largest absolute Gasteiger partial charge is 0.306 e. The van der Waals surface area contributed by atoms with Gasteiger partial charge in [0.1, 0.15) is 0 Å². The van der Waals surface area contributed by atoms with Crippen molar-refractivity contribution in [1.82, 2.24) is 5.32 Å². The van der Waals surface area contributed by atoms with Crippen LogP contribution in [0.3, 0.4) is 0 Å². The summed E-state index contributed by atoms with van der Waals surface area (Å²) in [5.74, 6) is 0. The maximum absolute atomic E-state index is 10.6. The highest BCUT2D eigenvalue weighted by Gasteiger charge is 2.07. The van der Waals surface area contributed by atoms with Gasteiger partial charge in [-0.25, -0.2) is 0 Å². The Hall–Kier alpha value is -1.72. The SMILES string of the molecule is CC(NCc1ccc([N+](=O)[O-])cc1)c1cccc(Br)c1. The second-order valence-electron chi connectivity index (χ2n) is 4.58. The number of halogens is 1. The minimum atomic E-state index is -0.388. The van der Waals surface area contributed by atoms with Crippen molar-refractivity contribution in [2.45, 2.75) is 19.5 Å². The van der Waals surface area contributed by atoms with Crippen LogP contribution in [0.25, 0.3) is 0 Å². The molecule has 1 unspecified atom stereocenters. The minimum absolute atomic E-state index is 0.119. The molecule has 0 aliphatic rings. The average Bonchev–Trinajstić information content (AvgIpc) is 2.45. The molecule has 2 aromatic carbocycles. The van der Waals surface area contributed by atoms with Crippen molar-refractivity contribution < 1.29 is 4.92 Å². The van der Waals surface area contributed by atoms with Gasteiger partial charge in [0.05, 0.1) is 4.92 Å². The fourth-order valence-electron chi connectivity index (χ4n) is 1.90. The van der Waals surface area contributed by atoms with E-state index in [2.05, 4.69) is 40.3 Å². The van der Waals surface area contributed by atoms with Crippen molar-refractivity contribution in [2.24, 2.45) is 0 Å². The molecule has 2 aromatic rings. The van der Waals surface area contributed by atoms with E-state index in [1.807, 2.05) is 12.1 Å². The molecule has 1 atom stereocenters. The standard InChI is InChI=1S/C15H15BrN2O2/c1-11(13-3-2-4-14(16)9-13)17-10-12-5-7-15(8-6-12)18(19)20/h2-9,11,17H,10H2,1H3. The van der Waals surface area contributed by atoms with Gasteiger partial charge in [-0.15, -0.1) is 0 Å². The highest BCUT2D eigenvalue weighted by Crippen LogP contribution is 2.18. The molecule has 0 aliphatic heterocycles. The van der Waals surface area contributed by atoms with Crippen LogP contribution in [0.5, 0.6) is 0 Å². The Balaban J connectivity index is 1.96. The first-order valence-electron chi connectivity index (χ1n) is 6.28. The van der Waals surface area contributed by atoms with Gasteiger partial charge in [0.15, 0.2) is 0 Å². The maximum atomic E-state index is 10.6. The van der Waals surface area contributed by atoms with Crippen LogP contribution >= 0.6 is 15.9 Å². The normalized spacial score (nSPS) is 12.1. The summed E-state index contributed by atoms with van der Waals surface area (Å²) >= 11 is 3.46. The van der Waals surface area contributed by atoms with Gasteiger partial charge >= 0.3 is 0 Å². The molecule has 4 nitrogen and oxygen atoms in total. The van der Waals surface area contributed by atoms with Gasteiger partial charge in [-0.3, -0.25) is 10.1 Å². The van der Waals surface area contributed by atoms with E-state index < -0.39 is 0 Å². The molecule has 0 spiro atoms. The lowest BCUT2D eigenvalue weighted by Gasteiger charge is -2.14. The predicted octanol–water partition coefficient (Wildman–Crippen LogP) is 4.21. The number of rotatable bonds is 5. The summed E-state index contributed by atoms with van der Waals surface area (Å²) in [6, 6.07) is 15.0. The predicted molar refractivity (Wildman–Crippen MR) is 82.5 cm³/mol. The Morgan fingerprint density at radius 1 is 1.25 bits per heavy atom. The first kappa shape index (κ1) is 14.7. The number of nitro groups is 1. The zero-order valence-electron chi connectivity index (χ0n) is 11.0. The topological polar surface area (TPSA) is 55.2 Å². The Morgan fingerprint density at radius 2 is 1.95 bits per heavy atom. The van der Waals surface area contributed by atoms with Crippen molar-refractivity contribution in [1.29, 1.82) is 0 Å². The van der Waals surface area contributed by atoms with Crippen molar-refractivity contribution >= 4 is 21.6 Å². The van der Waals surface area contributed by atoms with E-state index in [0.717, 1.165) is 10.0 Å². The number of non-ortho nitro benzene ring substituents is 1. The average molecular weight is 335 g/mol. The van der Waals surface area contributed by atoms with Gasteiger partial charge in [0.25, 0.3) is 5.69 Å². The van der Waals surface area contributed by atoms with E-state index in [9.17, 15) is 10.1 Å². The van der Waals surface area contributed by atoms with Crippen LogP contribution in [-0.2, 0) is 6.54 Å². The molecule has 0 bridgehead atoms. The Morgan fingerprint density at radius 3 is 2.55 bits per heavy atom. The number of hydrogen-bond acceptors (Lipinski definition) is 3. The van der Waals surface area contributed by atoms with Crippen LogP contribution in [0, 0.1) is 10.1 Å². The zero-order chi connectivity index (χ0) is 14.5. The third-order valence-corrected chi connectivity index (χ3v) is 3.60. The molecule has 0 amide bonds. The fourth-order valence-corrected chi connectivity index (χ4v) is 2.32. The van der Waals surface area contributed by atoms with E-state index in [0.29, 0.717) is 6.54 Å². The molecule has 2 rings (SSSR count). The van der Waals surface area contributed by atoms with E-state index in [-0.39, 0.29) is 16.7 Å². The molecule has 0 aliphatic carbocycles. The lowest BCUT2D eigenvalue weighted by atomic mass is 10.1. The highest BCUT2D eigenvalue weighted by atomic mass is 79.9. The van der Waals surface area contributed by atoms with Crippen molar-refractivity contribution in [3.63, 3.8) is 0 Å². The molecule has 0 fully saturated rings. The van der Waals surface area contributed by atoms with Crippen LogP contribution in [0.1, 0.15) is 24.1 Å². The van der Waals surface area contributed by atoms with Crippen LogP contribution in [0.4, 0.5) is 5.69 Å². The number of hydrogen-bond donors (Lipinski definition) is 1. The van der Waals surface area contributed by atoms with E-state index >= 15 is 0 Å². The second kappa shape index (κ2) is 6.63. The minimum Gasteiger partial charge on any atom is -0.306 e. The van der Waals surface area contributed by atoms with E-state index in [1.54, 1.807) is 12.1 Å². The number of benzene rings is 2. The first-order chi connectivity index (χ1) is 9.56. The van der Waals surface area contributed by atoms with E-state index in [4.69, 9.17) is 0 Å². The monoisotopic (exact) mass is 334 g/mol. The summed E-state index contributed by atoms with van der Waals surface area (Å²) < 4.78 is 1.05. The molecular weight excluding hydrogens is 320 g/mol. The molecule has 0 saturated carbocycles. The van der Waals surface area contributed by atoms with Crippen LogP contribution < -0.4 is 5.32 Å². The van der Waals surface area contributed by atoms with Crippen molar-refractivity contribution in [3.05, 3.63) is 74.2 Å². The maximum Gasteiger partial charge on any atom is 0.269 e. The molecule has 0 heterocycles. The zero-order valence-corrected chi connectivity index (χ0v) is 12.6. The summed E-state index contributed by atoms with van der Waals surface area (Å²) in [6.07, 6.45) is 0. The van der Waals surface area contributed by atoms with Crippen molar-refractivity contribution in [3.8, 4) is 0 Å². The Labute approximate surface area is 126 Å². The lowest BCUT2D eigenvalue weighted by Crippen LogP contribution is -2.18. The molecule has 20 heavy (non-hydrogen) atoms. The number of nitrogens with one attached hydrogen (secondary N) is 1. The quantitative estimate of drug-likeness (QED) is 0.658. The van der Waals surface area contributed by atoms with E-state index in [1.165, 1.54) is 17.7 Å². The van der Waals surface area contributed by atoms with Gasteiger partial charge in [0, 0.05) is 29.2 Å². The summed E-state index contributed by atoms with van der Waals surface area (Å²) in [4.78, 5) is 10.2. The third kappa shape index (κ3) is 3.88. The molecule has 104 valence electrons. The molecule has 0 aromatic heterocycles. The summed E-state index contributed by atoms with van der Waals surface area (Å²) in [5, 5.41) is 14.0. The smallest absolute Gasteiger partial charge is 0.269 e. The summed E-state index contributed by atoms with van der Waals surface area (Å²) in [5.41, 5.74) is 2.34. The lowest BCUT2D eigenvalue weighted by molar-refractivity contribution is -0.384. The molecule has 1 N–H and O–H groups in total. The second-order valence-corrected chi connectivity index (χ2v) is 5.50. The summed E-state index contributed by atoms with van der Waals surface area (Å²) in [7, 11) is 0. The summed E-state index contributed by atoms with van der Waals surface area (Å²) in [6.45, 7) is 2.76. The molecular formula is C15H15BrN2O2. The number of nitrogens with zero attached hydrogens (tertiary/aromatic N) is 1. The van der Waals surface area contributed by atoms with Crippen LogP contribution in [0.15, 0.2) is 53.0 Å². The van der Waals surface area contributed by atoms with Crippen molar-refractivity contribution in [2.75, 3.05) is 0 Å². The van der Waals surface area contributed by atoms with Gasteiger partial charge < -0.3 is 5.32 Å². The van der Waals surface area contributed by atoms with Gasteiger partial charge in [-0.2, -0.15) is 0 Å². The molecule has 0 radical (unpaired) electrons. The number of nitro benzene ring substituents is 1. The fraction of sp³-hybridized carbons (Fsp3) is 0.200. The van der Waals surface area contributed by atoms with Crippen LogP contribution in [0.2, 0.25) is 0 Å². The van der Waals surface area contributed by atoms with Gasteiger partial charge in [0.2, 0.25) is 0 Å². The van der Waals surface area contributed by atoms with Crippen LogP contribution in [-0.4, -0.2) is 4.92 Å². The Bertz CT molecular complexity index is 599.